The highest BCUT2D eigenvalue weighted by Crippen LogP contribution is 2.28. The van der Waals surface area contributed by atoms with Crippen LogP contribution in [0.5, 0.6) is 0 Å². The van der Waals surface area contributed by atoms with Crippen molar-refractivity contribution in [1.29, 1.82) is 0 Å². The molecule has 16 heavy (non-hydrogen) atoms. The molecule has 1 amide bonds. The first-order valence-corrected chi connectivity index (χ1v) is 5.44. The van der Waals surface area contributed by atoms with Crippen LogP contribution in [0.1, 0.15) is 19.3 Å². The minimum Gasteiger partial charge on any atom is -0.310 e. The number of hydrogen-bond acceptors (Lipinski definition) is 3. The first kappa shape index (κ1) is 9.33. The fourth-order valence-electron chi connectivity index (χ4n) is 1.84. The van der Waals surface area contributed by atoms with E-state index < -0.39 is 0 Å². The smallest absolute Gasteiger partial charge is 0.228 e. The number of aromatic nitrogens is 3. The molecule has 0 aromatic carbocycles. The van der Waals surface area contributed by atoms with Gasteiger partial charge in [-0.15, -0.1) is 0 Å². The van der Waals surface area contributed by atoms with Crippen molar-refractivity contribution in [1.82, 2.24) is 15.2 Å². The van der Waals surface area contributed by atoms with Gasteiger partial charge in [0.05, 0.1) is 5.39 Å². The Morgan fingerprint density at radius 3 is 3.12 bits per heavy atom. The number of nitrogens with zero attached hydrogens (tertiary/aromatic N) is 2. The van der Waals surface area contributed by atoms with Crippen LogP contribution in [0.2, 0.25) is 0 Å². The number of H-pyrrole nitrogens is 1. The molecule has 0 spiro atoms. The Morgan fingerprint density at radius 1 is 1.50 bits per heavy atom. The van der Waals surface area contributed by atoms with Gasteiger partial charge in [0.2, 0.25) is 5.91 Å². The molecule has 0 bridgehead atoms. The van der Waals surface area contributed by atoms with Crippen LogP contribution in [0, 0.1) is 5.92 Å². The number of carbonyl (C=O) groups excluding carboxylic acids is 1. The molecular weight excluding hydrogens is 204 g/mol. The SMILES string of the molecule is O=C(Nc1[nH]nc2ncccc12)C1CCC1. The predicted molar refractivity (Wildman–Crippen MR) is 59.9 cm³/mol. The summed E-state index contributed by atoms with van der Waals surface area (Å²) in [7, 11) is 0. The second-order valence-electron chi connectivity index (χ2n) is 4.09. The molecule has 1 aliphatic rings. The van der Waals surface area contributed by atoms with Gasteiger partial charge in [-0.25, -0.2) is 4.98 Å². The van der Waals surface area contributed by atoms with E-state index >= 15 is 0 Å². The van der Waals surface area contributed by atoms with Crippen LogP contribution >= 0.6 is 0 Å². The first-order chi connectivity index (χ1) is 7.84. The van der Waals surface area contributed by atoms with Crippen LogP contribution in [0.3, 0.4) is 0 Å². The number of anilines is 1. The molecule has 5 heteroatoms. The lowest BCUT2D eigenvalue weighted by Gasteiger charge is -2.23. The second-order valence-corrected chi connectivity index (χ2v) is 4.09. The number of fused-ring (bicyclic) bond motifs is 1. The molecule has 2 N–H and O–H groups in total. The third kappa shape index (κ3) is 1.44. The van der Waals surface area contributed by atoms with Crippen molar-refractivity contribution in [3.05, 3.63) is 18.3 Å². The molecular formula is C11H12N4O. The molecule has 3 rings (SSSR count). The molecule has 1 saturated carbocycles. The molecule has 5 nitrogen and oxygen atoms in total. The summed E-state index contributed by atoms with van der Waals surface area (Å²) in [5.74, 6) is 0.913. The standard InChI is InChI=1S/C11H12N4O/c16-11(7-3-1-4-7)13-10-8-5-2-6-12-9(8)14-15-10/h2,5-7H,1,3-4H2,(H2,12,13,14,15,16). The van der Waals surface area contributed by atoms with Gasteiger partial charge in [0.15, 0.2) is 5.65 Å². The van der Waals surface area contributed by atoms with Gasteiger partial charge in [-0.3, -0.25) is 9.89 Å². The quantitative estimate of drug-likeness (QED) is 0.802. The number of amides is 1. The van der Waals surface area contributed by atoms with Crippen molar-refractivity contribution < 1.29 is 4.79 Å². The monoisotopic (exact) mass is 216 g/mol. The molecule has 1 fully saturated rings. The average molecular weight is 216 g/mol. The largest absolute Gasteiger partial charge is 0.310 e. The van der Waals surface area contributed by atoms with Crippen LogP contribution < -0.4 is 5.32 Å². The van der Waals surface area contributed by atoms with Gasteiger partial charge in [-0.2, -0.15) is 5.10 Å². The number of nitrogens with one attached hydrogen (secondary N) is 2. The van der Waals surface area contributed by atoms with Crippen molar-refractivity contribution in [2.75, 3.05) is 5.32 Å². The van der Waals surface area contributed by atoms with Crippen molar-refractivity contribution >= 4 is 22.8 Å². The molecule has 1 aliphatic carbocycles. The van der Waals surface area contributed by atoms with E-state index in [1.807, 2.05) is 12.1 Å². The summed E-state index contributed by atoms with van der Waals surface area (Å²) < 4.78 is 0. The van der Waals surface area contributed by atoms with Gasteiger partial charge >= 0.3 is 0 Å². The van der Waals surface area contributed by atoms with Crippen molar-refractivity contribution in [3.63, 3.8) is 0 Å². The van der Waals surface area contributed by atoms with Gasteiger partial charge in [0, 0.05) is 12.1 Å². The van der Waals surface area contributed by atoms with Crippen molar-refractivity contribution in [3.8, 4) is 0 Å². The molecule has 0 atom stereocenters. The summed E-state index contributed by atoms with van der Waals surface area (Å²) >= 11 is 0. The summed E-state index contributed by atoms with van der Waals surface area (Å²) in [4.78, 5) is 15.9. The van der Waals surface area contributed by atoms with Gasteiger partial charge in [0.1, 0.15) is 5.82 Å². The van der Waals surface area contributed by atoms with E-state index in [4.69, 9.17) is 0 Å². The van der Waals surface area contributed by atoms with E-state index in [2.05, 4.69) is 20.5 Å². The molecule has 0 saturated heterocycles. The molecule has 2 heterocycles. The zero-order valence-corrected chi connectivity index (χ0v) is 8.73. The van der Waals surface area contributed by atoms with E-state index in [-0.39, 0.29) is 11.8 Å². The third-order valence-electron chi connectivity index (χ3n) is 3.05. The molecule has 2 aromatic heterocycles. The lowest BCUT2D eigenvalue weighted by Crippen LogP contribution is -2.28. The Hall–Kier alpha value is -1.91. The highest BCUT2D eigenvalue weighted by Gasteiger charge is 2.25. The topological polar surface area (TPSA) is 70.7 Å². The maximum absolute atomic E-state index is 11.8. The zero-order valence-electron chi connectivity index (χ0n) is 8.73. The predicted octanol–water partition coefficient (Wildman–Crippen LogP) is 1.70. The fourth-order valence-corrected chi connectivity index (χ4v) is 1.84. The Balaban J connectivity index is 1.86. The van der Waals surface area contributed by atoms with Gasteiger partial charge in [-0.05, 0) is 25.0 Å². The maximum Gasteiger partial charge on any atom is 0.228 e. The number of rotatable bonds is 2. The number of carbonyl (C=O) groups is 1. The van der Waals surface area contributed by atoms with Gasteiger partial charge in [0.25, 0.3) is 0 Å². The van der Waals surface area contributed by atoms with E-state index in [9.17, 15) is 4.79 Å². The van der Waals surface area contributed by atoms with E-state index in [0.29, 0.717) is 11.5 Å². The zero-order chi connectivity index (χ0) is 11.0. The van der Waals surface area contributed by atoms with E-state index in [0.717, 1.165) is 24.6 Å². The first-order valence-electron chi connectivity index (χ1n) is 5.44. The van der Waals surface area contributed by atoms with E-state index in [1.54, 1.807) is 6.20 Å². The Labute approximate surface area is 92.3 Å². The van der Waals surface area contributed by atoms with Crippen molar-refractivity contribution in [2.45, 2.75) is 19.3 Å². The van der Waals surface area contributed by atoms with Crippen LogP contribution in [-0.2, 0) is 4.79 Å². The third-order valence-corrected chi connectivity index (χ3v) is 3.05. The summed E-state index contributed by atoms with van der Waals surface area (Å²) in [6.45, 7) is 0. The van der Waals surface area contributed by atoms with Crippen molar-refractivity contribution in [2.24, 2.45) is 5.92 Å². The number of hydrogen-bond donors (Lipinski definition) is 2. The lowest BCUT2D eigenvalue weighted by atomic mass is 9.85. The summed E-state index contributed by atoms with van der Waals surface area (Å²) in [5, 5.41) is 10.6. The molecule has 0 unspecified atom stereocenters. The number of aromatic amines is 1. The summed E-state index contributed by atoms with van der Waals surface area (Å²) in [5.41, 5.74) is 0.631. The summed E-state index contributed by atoms with van der Waals surface area (Å²) in [6, 6.07) is 3.72. The fraction of sp³-hybridized carbons (Fsp3) is 0.364. The molecule has 82 valence electrons. The van der Waals surface area contributed by atoms with Crippen LogP contribution in [0.25, 0.3) is 11.0 Å². The minimum atomic E-state index is 0.0839. The highest BCUT2D eigenvalue weighted by atomic mass is 16.2. The van der Waals surface area contributed by atoms with Crippen LogP contribution in [-0.4, -0.2) is 21.1 Å². The molecule has 0 radical (unpaired) electrons. The van der Waals surface area contributed by atoms with Gasteiger partial charge in [-0.1, -0.05) is 6.42 Å². The minimum absolute atomic E-state index is 0.0839. The highest BCUT2D eigenvalue weighted by molar-refractivity contribution is 5.99. The van der Waals surface area contributed by atoms with E-state index in [1.165, 1.54) is 0 Å². The Bertz CT molecular complexity index is 530. The maximum atomic E-state index is 11.8. The Kier molecular flexibility index (Phi) is 2.09. The van der Waals surface area contributed by atoms with Crippen LogP contribution in [0.15, 0.2) is 18.3 Å². The molecule has 2 aromatic rings. The second kappa shape index (κ2) is 3.59. The number of pyridine rings is 1. The van der Waals surface area contributed by atoms with Crippen LogP contribution in [0.4, 0.5) is 5.82 Å². The average Bonchev–Trinajstić information content (AvgIpc) is 2.59. The normalized spacial score (nSPS) is 16.0. The molecule has 0 aliphatic heterocycles. The summed E-state index contributed by atoms with van der Waals surface area (Å²) in [6.07, 6.45) is 4.83. The lowest BCUT2D eigenvalue weighted by molar-refractivity contribution is -0.122. The Morgan fingerprint density at radius 2 is 2.38 bits per heavy atom. The van der Waals surface area contributed by atoms with Gasteiger partial charge < -0.3 is 5.32 Å².